The summed E-state index contributed by atoms with van der Waals surface area (Å²) >= 11 is 0. The maximum Gasteiger partial charge on any atom is 0.326 e. The van der Waals surface area contributed by atoms with Crippen LogP contribution in [0.2, 0.25) is 0 Å². The van der Waals surface area contributed by atoms with Crippen LogP contribution in [0.3, 0.4) is 0 Å². The lowest BCUT2D eigenvalue weighted by atomic mass is 9.78. The number of carbonyl (C=O) groups excluding carboxylic acids is 1. The van der Waals surface area contributed by atoms with Crippen molar-refractivity contribution in [3.05, 3.63) is 0 Å². The first-order valence-electron chi connectivity index (χ1n) is 6.81. The number of methoxy groups -OCH3 is 1. The molecule has 0 spiro atoms. The highest BCUT2D eigenvalue weighted by Gasteiger charge is 2.42. The second-order valence-corrected chi connectivity index (χ2v) is 5.37. The van der Waals surface area contributed by atoms with Crippen molar-refractivity contribution >= 4 is 5.97 Å². The minimum absolute atomic E-state index is 0.0669. The molecule has 17 heavy (non-hydrogen) atoms. The van der Waals surface area contributed by atoms with Crippen molar-refractivity contribution in [2.75, 3.05) is 26.7 Å². The maximum atomic E-state index is 12.1. The molecule has 0 radical (unpaired) electrons. The summed E-state index contributed by atoms with van der Waals surface area (Å²) < 4.78 is 5.01. The summed E-state index contributed by atoms with van der Waals surface area (Å²) in [5.74, 6) is 0.538. The van der Waals surface area contributed by atoms with Crippen molar-refractivity contribution in [1.82, 2.24) is 10.6 Å². The lowest BCUT2D eigenvalue weighted by Crippen LogP contribution is -2.57. The van der Waals surface area contributed by atoms with Crippen LogP contribution >= 0.6 is 0 Å². The standard InChI is InChI=1S/C13H24N2O2/c1-17-12(16)13(6-2-3-8-15-13)9-11-5-4-7-14-10-11/h11,14-15H,2-10H2,1H3. The number of hydrogen-bond acceptors (Lipinski definition) is 4. The molecule has 0 aromatic heterocycles. The fourth-order valence-corrected chi connectivity index (χ4v) is 3.19. The van der Waals surface area contributed by atoms with Gasteiger partial charge in [-0.15, -0.1) is 0 Å². The van der Waals surface area contributed by atoms with Crippen molar-refractivity contribution < 1.29 is 9.53 Å². The van der Waals surface area contributed by atoms with Gasteiger partial charge in [-0.05, 0) is 64.1 Å². The Labute approximate surface area is 103 Å². The van der Waals surface area contributed by atoms with Gasteiger partial charge in [0.25, 0.3) is 0 Å². The summed E-state index contributed by atoms with van der Waals surface area (Å²) in [4.78, 5) is 12.1. The maximum absolute atomic E-state index is 12.1. The Balaban J connectivity index is 2.01. The van der Waals surface area contributed by atoms with Gasteiger partial charge in [0.05, 0.1) is 7.11 Å². The molecule has 4 nitrogen and oxygen atoms in total. The number of esters is 1. The fourth-order valence-electron chi connectivity index (χ4n) is 3.19. The zero-order valence-electron chi connectivity index (χ0n) is 10.8. The zero-order valence-corrected chi connectivity index (χ0v) is 10.8. The molecule has 0 aromatic rings. The van der Waals surface area contributed by atoms with Crippen molar-refractivity contribution in [3.63, 3.8) is 0 Å². The second kappa shape index (κ2) is 5.83. The minimum atomic E-state index is -0.406. The van der Waals surface area contributed by atoms with Gasteiger partial charge in [-0.1, -0.05) is 0 Å². The van der Waals surface area contributed by atoms with Gasteiger partial charge < -0.3 is 15.4 Å². The molecule has 2 aliphatic heterocycles. The SMILES string of the molecule is COC(=O)C1(CC2CCCNC2)CCCCN1. The zero-order chi connectivity index (χ0) is 12.1. The van der Waals surface area contributed by atoms with E-state index in [0.29, 0.717) is 5.92 Å². The van der Waals surface area contributed by atoms with Gasteiger partial charge in [0.2, 0.25) is 0 Å². The topological polar surface area (TPSA) is 50.4 Å². The van der Waals surface area contributed by atoms with Crippen LogP contribution in [0.1, 0.15) is 38.5 Å². The number of ether oxygens (including phenoxy) is 1. The Hall–Kier alpha value is -0.610. The summed E-state index contributed by atoms with van der Waals surface area (Å²) in [6, 6.07) is 0. The number of rotatable bonds is 3. The molecule has 0 aliphatic carbocycles. The predicted octanol–water partition coefficient (Wildman–Crippen LogP) is 1.06. The van der Waals surface area contributed by atoms with E-state index in [-0.39, 0.29) is 5.97 Å². The summed E-state index contributed by atoms with van der Waals surface area (Å²) in [7, 11) is 1.50. The molecule has 2 saturated heterocycles. The monoisotopic (exact) mass is 240 g/mol. The summed E-state index contributed by atoms with van der Waals surface area (Å²) in [6.45, 7) is 3.10. The molecule has 2 atom stereocenters. The first-order chi connectivity index (χ1) is 8.27. The largest absolute Gasteiger partial charge is 0.468 e. The third kappa shape index (κ3) is 2.99. The number of hydrogen-bond donors (Lipinski definition) is 2. The molecule has 98 valence electrons. The van der Waals surface area contributed by atoms with Crippen LogP contribution in [0.15, 0.2) is 0 Å². The first-order valence-corrected chi connectivity index (χ1v) is 6.81. The number of nitrogens with one attached hydrogen (secondary N) is 2. The van der Waals surface area contributed by atoms with E-state index in [9.17, 15) is 4.79 Å². The summed E-state index contributed by atoms with van der Waals surface area (Å²) in [6.07, 6.45) is 6.60. The number of piperidine rings is 2. The average molecular weight is 240 g/mol. The summed E-state index contributed by atoms with van der Waals surface area (Å²) in [5.41, 5.74) is -0.406. The van der Waals surface area contributed by atoms with Crippen LogP contribution in [0.25, 0.3) is 0 Å². The van der Waals surface area contributed by atoms with Gasteiger partial charge in [0, 0.05) is 0 Å². The van der Waals surface area contributed by atoms with E-state index in [1.807, 2.05) is 0 Å². The molecule has 0 bridgehead atoms. The molecule has 4 heteroatoms. The lowest BCUT2D eigenvalue weighted by molar-refractivity contribution is -0.150. The van der Waals surface area contributed by atoms with Crippen LogP contribution in [-0.2, 0) is 9.53 Å². The Bertz CT molecular complexity index is 256. The van der Waals surface area contributed by atoms with Gasteiger partial charge in [-0.2, -0.15) is 0 Å². The van der Waals surface area contributed by atoms with Crippen molar-refractivity contribution in [2.24, 2.45) is 5.92 Å². The van der Waals surface area contributed by atoms with Gasteiger partial charge in [-0.3, -0.25) is 4.79 Å². The van der Waals surface area contributed by atoms with Crippen molar-refractivity contribution in [3.8, 4) is 0 Å². The van der Waals surface area contributed by atoms with Crippen LogP contribution < -0.4 is 10.6 Å². The molecular formula is C13H24N2O2. The second-order valence-electron chi connectivity index (χ2n) is 5.37. The van der Waals surface area contributed by atoms with Crippen LogP contribution in [0.4, 0.5) is 0 Å². The quantitative estimate of drug-likeness (QED) is 0.724. The number of carbonyl (C=O) groups is 1. The third-order valence-corrected chi connectivity index (χ3v) is 4.11. The van der Waals surface area contributed by atoms with Crippen LogP contribution in [0, 0.1) is 5.92 Å². The highest BCUT2D eigenvalue weighted by Crippen LogP contribution is 2.30. The Morgan fingerprint density at radius 1 is 1.35 bits per heavy atom. The molecule has 2 fully saturated rings. The van der Waals surface area contributed by atoms with E-state index in [2.05, 4.69) is 10.6 Å². The van der Waals surface area contributed by atoms with E-state index in [4.69, 9.17) is 4.74 Å². The normalized spacial score (nSPS) is 34.3. The van der Waals surface area contributed by atoms with Gasteiger partial charge in [-0.25, -0.2) is 0 Å². The van der Waals surface area contributed by atoms with Crippen LogP contribution in [0.5, 0.6) is 0 Å². The molecular weight excluding hydrogens is 216 g/mol. The summed E-state index contributed by atoms with van der Waals surface area (Å²) in [5, 5.41) is 6.85. The predicted molar refractivity (Wildman–Crippen MR) is 66.8 cm³/mol. The van der Waals surface area contributed by atoms with E-state index < -0.39 is 5.54 Å². The van der Waals surface area contributed by atoms with Gasteiger partial charge in [0.1, 0.15) is 5.54 Å². The van der Waals surface area contributed by atoms with E-state index >= 15 is 0 Å². The highest BCUT2D eigenvalue weighted by atomic mass is 16.5. The van der Waals surface area contributed by atoms with Gasteiger partial charge >= 0.3 is 5.97 Å². The van der Waals surface area contributed by atoms with Crippen molar-refractivity contribution in [2.45, 2.75) is 44.1 Å². The van der Waals surface area contributed by atoms with Crippen molar-refractivity contribution in [1.29, 1.82) is 0 Å². The lowest BCUT2D eigenvalue weighted by Gasteiger charge is -2.39. The van der Waals surface area contributed by atoms with E-state index in [1.165, 1.54) is 26.4 Å². The Morgan fingerprint density at radius 2 is 2.24 bits per heavy atom. The Morgan fingerprint density at radius 3 is 2.82 bits per heavy atom. The average Bonchev–Trinajstić information content (AvgIpc) is 2.40. The van der Waals surface area contributed by atoms with E-state index in [1.54, 1.807) is 0 Å². The molecule has 0 amide bonds. The fraction of sp³-hybridized carbons (Fsp3) is 0.923. The Kier molecular flexibility index (Phi) is 4.40. The van der Waals surface area contributed by atoms with Crippen LogP contribution in [-0.4, -0.2) is 38.3 Å². The molecule has 2 unspecified atom stereocenters. The third-order valence-electron chi connectivity index (χ3n) is 4.11. The first kappa shape index (κ1) is 12.8. The van der Waals surface area contributed by atoms with Gasteiger partial charge in [0.15, 0.2) is 0 Å². The van der Waals surface area contributed by atoms with E-state index in [0.717, 1.165) is 38.9 Å². The minimum Gasteiger partial charge on any atom is -0.468 e. The highest BCUT2D eigenvalue weighted by molar-refractivity contribution is 5.80. The molecule has 2 rings (SSSR count). The molecule has 2 aliphatic rings. The molecule has 2 N–H and O–H groups in total. The molecule has 0 aromatic carbocycles. The smallest absolute Gasteiger partial charge is 0.326 e. The molecule has 0 saturated carbocycles. The molecule has 2 heterocycles.